The number of unbranched alkanes of at least 4 members (excludes halogenated alkanes) is 3. The summed E-state index contributed by atoms with van der Waals surface area (Å²) < 4.78 is 5.54. The Kier molecular flexibility index (Phi) is 12.2. The maximum atomic E-state index is 14.8. The van der Waals surface area contributed by atoms with E-state index < -0.39 is 35.6 Å². The molecule has 2 atom stereocenters. The van der Waals surface area contributed by atoms with Crippen molar-refractivity contribution < 1.29 is 24.2 Å². The first-order chi connectivity index (χ1) is 23.0. The summed E-state index contributed by atoms with van der Waals surface area (Å²) in [6, 6.07) is 24.8. The fourth-order valence-corrected chi connectivity index (χ4v) is 5.59. The van der Waals surface area contributed by atoms with Gasteiger partial charge in [-0.1, -0.05) is 92.8 Å². The van der Waals surface area contributed by atoms with Gasteiger partial charge >= 0.3 is 6.09 Å². The molecule has 250 valence electrons. The minimum atomic E-state index is -1.11. The number of benzene rings is 4. The highest BCUT2D eigenvalue weighted by molar-refractivity contribution is 6.00. The number of hydrogen-bond acceptors (Lipinski definition) is 5. The molecular formula is C40H45N3O5. The maximum absolute atomic E-state index is 14.8. The van der Waals surface area contributed by atoms with Crippen LogP contribution in [-0.2, 0) is 20.7 Å². The predicted molar refractivity (Wildman–Crippen MR) is 191 cm³/mol. The molecule has 0 radical (unpaired) electrons. The molecule has 0 aromatic heterocycles. The number of amides is 3. The molecule has 8 heteroatoms. The SMILES string of the molecule is C#Cc1ccccc1C(C(=O)Nc1ccc2ccccc2c1)N(CCCCCC)C(=O)C(Cc1ccc(O)cc1)NC(=O)OC(C)(C)C. The molecule has 4 aromatic carbocycles. The number of aromatic hydroxyl groups is 1. The maximum Gasteiger partial charge on any atom is 0.408 e. The summed E-state index contributed by atoms with van der Waals surface area (Å²) in [6.45, 7) is 7.58. The lowest BCUT2D eigenvalue weighted by molar-refractivity contribution is -0.140. The lowest BCUT2D eigenvalue weighted by atomic mass is 9.96. The standard InChI is InChI=1S/C40H45N3O5/c1-6-8-9-14-25-43(38(46)35(42-39(47)48-40(3,4)5)26-28-19-23-33(44)24-20-28)36(34-18-13-12-15-29(34)7-2)37(45)41-32-22-21-30-16-10-11-17-31(30)27-32/h2,10-13,15-24,27,35-36,44H,6,8-9,14,25-26H2,1,3-5H3,(H,41,45)(H,42,47). The van der Waals surface area contributed by atoms with E-state index in [2.05, 4.69) is 23.5 Å². The second-order valence-electron chi connectivity index (χ2n) is 12.8. The number of phenolic OH excluding ortho intramolecular Hbond substituents is 1. The Morgan fingerprint density at radius 2 is 1.58 bits per heavy atom. The fraction of sp³-hybridized carbons (Fsp3) is 0.325. The first-order valence-corrected chi connectivity index (χ1v) is 16.4. The highest BCUT2D eigenvalue weighted by Gasteiger charge is 2.37. The van der Waals surface area contributed by atoms with Crippen molar-refractivity contribution in [2.45, 2.75) is 77.5 Å². The van der Waals surface area contributed by atoms with E-state index in [4.69, 9.17) is 11.2 Å². The van der Waals surface area contributed by atoms with Gasteiger partial charge in [-0.2, -0.15) is 0 Å². The van der Waals surface area contributed by atoms with E-state index in [0.717, 1.165) is 30.0 Å². The molecule has 4 rings (SSSR count). The molecule has 0 saturated heterocycles. The van der Waals surface area contributed by atoms with Gasteiger partial charge in [0.2, 0.25) is 5.91 Å². The number of carbonyl (C=O) groups excluding carboxylic acids is 3. The summed E-state index contributed by atoms with van der Waals surface area (Å²) in [6.07, 6.45) is 8.71. The highest BCUT2D eigenvalue weighted by Crippen LogP contribution is 2.29. The molecule has 0 aliphatic heterocycles. The number of carbonyl (C=O) groups is 3. The van der Waals surface area contributed by atoms with Crippen molar-refractivity contribution in [2.24, 2.45) is 0 Å². The van der Waals surface area contributed by atoms with Crippen LogP contribution in [0.25, 0.3) is 10.8 Å². The molecule has 0 saturated carbocycles. The summed E-state index contributed by atoms with van der Waals surface area (Å²) >= 11 is 0. The molecule has 0 spiro atoms. The Bertz CT molecular complexity index is 1750. The number of nitrogens with one attached hydrogen (secondary N) is 2. The van der Waals surface area contributed by atoms with Crippen molar-refractivity contribution in [3.05, 3.63) is 108 Å². The minimum absolute atomic E-state index is 0.0793. The zero-order valence-corrected chi connectivity index (χ0v) is 28.2. The van der Waals surface area contributed by atoms with Crippen LogP contribution in [0.5, 0.6) is 5.75 Å². The number of hydrogen-bond donors (Lipinski definition) is 3. The Hall–Kier alpha value is -5.29. The molecule has 8 nitrogen and oxygen atoms in total. The average molecular weight is 648 g/mol. The first kappa shape index (κ1) is 35.6. The lowest BCUT2D eigenvalue weighted by Gasteiger charge is -2.35. The Morgan fingerprint density at radius 3 is 2.27 bits per heavy atom. The number of rotatable bonds is 13. The van der Waals surface area contributed by atoms with Crippen LogP contribution in [0.15, 0.2) is 91.0 Å². The Balaban J connectivity index is 1.79. The normalized spacial score (nSPS) is 12.4. The number of fused-ring (bicyclic) bond motifs is 1. The van der Waals surface area contributed by atoms with E-state index in [-0.39, 0.29) is 18.7 Å². The minimum Gasteiger partial charge on any atom is -0.508 e. The third kappa shape index (κ3) is 9.85. The van der Waals surface area contributed by atoms with E-state index in [9.17, 15) is 19.5 Å². The number of ether oxygens (including phenoxy) is 1. The van der Waals surface area contributed by atoms with Gasteiger partial charge in [0.15, 0.2) is 0 Å². The number of terminal acetylenes is 1. The molecule has 0 heterocycles. The average Bonchev–Trinajstić information content (AvgIpc) is 3.05. The van der Waals surface area contributed by atoms with Crippen LogP contribution in [0.2, 0.25) is 0 Å². The van der Waals surface area contributed by atoms with Crippen LogP contribution < -0.4 is 10.6 Å². The van der Waals surface area contributed by atoms with Gasteiger partial charge in [-0.15, -0.1) is 6.42 Å². The summed E-state index contributed by atoms with van der Waals surface area (Å²) in [5, 5.41) is 17.7. The molecule has 4 aromatic rings. The highest BCUT2D eigenvalue weighted by atomic mass is 16.6. The predicted octanol–water partition coefficient (Wildman–Crippen LogP) is 7.75. The Labute approximate surface area is 283 Å². The van der Waals surface area contributed by atoms with Crippen molar-refractivity contribution in [1.29, 1.82) is 0 Å². The van der Waals surface area contributed by atoms with E-state index in [1.165, 1.54) is 17.0 Å². The molecule has 2 unspecified atom stereocenters. The topological polar surface area (TPSA) is 108 Å². The van der Waals surface area contributed by atoms with Crippen LogP contribution in [0.3, 0.4) is 0 Å². The second-order valence-corrected chi connectivity index (χ2v) is 12.8. The largest absolute Gasteiger partial charge is 0.508 e. The molecule has 0 aliphatic carbocycles. The molecule has 0 aliphatic rings. The zero-order chi connectivity index (χ0) is 34.7. The van der Waals surface area contributed by atoms with E-state index in [1.807, 2.05) is 42.5 Å². The van der Waals surface area contributed by atoms with Gasteiger partial charge in [0.25, 0.3) is 5.91 Å². The van der Waals surface area contributed by atoms with Crippen molar-refractivity contribution in [3.8, 4) is 18.1 Å². The molecular weight excluding hydrogens is 602 g/mol. The van der Waals surface area contributed by atoms with Crippen LogP contribution in [0.4, 0.5) is 10.5 Å². The molecule has 3 N–H and O–H groups in total. The number of alkyl carbamates (subject to hydrolysis) is 1. The van der Waals surface area contributed by atoms with Crippen LogP contribution in [-0.4, -0.2) is 46.1 Å². The van der Waals surface area contributed by atoms with Crippen LogP contribution in [0, 0.1) is 12.3 Å². The third-order valence-electron chi connectivity index (χ3n) is 7.89. The lowest BCUT2D eigenvalue weighted by Crippen LogP contribution is -2.53. The van der Waals surface area contributed by atoms with Crippen molar-refractivity contribution in [2.75, 3.05) is 11.9 Å². The van der Waals surface area contributed by atoms with Crippen LogP contribution in [0.1, 0.15) is 76.1 Å². The summed E-state index contributed by atoms with van der Waals surface area (Å²) in [4.78, 5) is 43.9. The third-order valence-corrected chi connectivity index (χ3v) is 7.89. The molecule has 48 heavy (non-hydrogen) atoms. The van der Waals surface area contributed by atoms with E-state index >= 15 is 0 Å². The zero-order valence-electron chi connectivity index (χ0n) is 28.2. The van der Waals surface area contributed by atoms with E-state index in [0.29, 0.717) is 28.8 Å². The monoisotopic (exact) mass is 647 g/mol. The van der Waals surface area contributed by atoms with Gasteiger partial charge < -0.3 is 25.4 Å². The summed E-state index contributed by atoms with van der Waals surface area (Å²) in [5.74, 6) is 1.87. The van der Waals surface area contributed by atoms with Gasteiger partial charge in [-0.25, -0.2) is 4.79 Å². The summed E-state index contributed by atoms with van der Waals surface area (Å²) in [7, 11) is 0. The number of anilines is 1. The molecule has 0 fully saturated rings. The van der Waals surface area contributed by atoms with Crippen molar-refractivity contribution >= 4 is 34.4 Å². The second kappa shape index (κ2) is 16.5. The number of nitrogens with zero attached hydrogens (tertiary/aromatic N) is 1. The fourth-order valence-electron chi connectivity index (χ4n) is 5.59. The van der Waals surface area contributed by atoms with Gasteiger partial charge in [0, 0.05) is 24.2 Å². The van der Waals surface area contributed by atoms with Gasteiger partial charge in [-0.3, -0.25) is 9.59 Å². The quantitative estimate of drug-likeness (QED) is 0.102. The Morgan fingerprint density at radius 1 is 0.896 bits per heavy atom. The molecule has 0 bridgehead atoms. The first-order valence-electron chi connectivity index (χ1n) is 16.4. The molecule has 3 amide bonds. The van der Waals surface area contributed by atoms with Gasteiger partial charge in [0.1, 0.15) is 23.4 Å². The van der Waals surface area contributed by atoms with Crippen molar-refractivity contribution in [1.82, 2.24) is 10.2 Å². The van der Waals surface area contributed by atoms with Crippen LogP contribution >= 0.6 is 0 Å². The van der Waals surface area contributed by atoms with Gasteiger partial charge in [-0.05, 0) is 79.4 Å². The summed E-state index contributed by atoms with van der Waals surface area (Å²) in [5.41, 5.74) is 1.46. The van der Waals surface area contributed by atoms with Gasteiger partial charge in [0.05, 0.1) is 0 Å². The van der Waals surface area contributed by atoms with Crippen molar-refractivity contribution in [3.63, 3.8) is 0 Å². The van der Waals surface area contributed by atoms with E-state index in [1.54, 1.807) is 57.2 Å². The smallest absolute Gasteiger partial charge is 0.408 e. The number of phenols is 1.